The summed E-state index contributed by atoms with van der Waals surface area (Å²) < 4.78 is 37.5. The molecule has 0 radical (unpaired) electrons. The van der Waals surface area contributed by atoms with E-state index in [0.29, 0.717) is 32.0 Å². The van der Waals surface area contributed by atoms with E-state index in [0.717, 1.165) is 31.7 Å². The highest BCUT2D eigenvalue weighted by Crippen LogP contribution is 2.27. The zero-order valence-electron chi connectivity index (χ0n) is 13.2. The van der Waals surface area contributed by atoms with Gasteiger partial charge in [0.2, 0.25) is 0 Å². The number of nitrogens with one attached hydrogen (secondary N) is 1. The van der Waals surface area contributed by atoms with Crippen molar-refractivity contribution in [2.75, 3.05) is 31.1 Å². The quantitative estimate of drug-likeness (QED) is 0.895. The molecule has 0 unspecified atom stereocenters. The summed E-state index contributed by atoms with van der Waals surface area (Å²) in [6.45, 7) is 2.08. The molecule has 1 aliphatic heterocycles. The molecule has 24 heavy (non-hydrogen) atoms. The first-order valence-electron chi connectivity index (χ1n) is 8.15. The average Bonchev–Trinajstić information content (AvgIpc) is 3.07. The first kappa shape index (κ1) is 16.8. The number of halogens is 3. The van der Waals surface area contributed by atoms with Crippen LogP contribution in [-0.4, -0.2) is 53.3 Å². The lowest BCUT2D eigenvalue weighted by Gasteiger charge is -2.35. The second kappa shape index (κ2) is 6.82. The number of aromatic nitrogens is 2. The number of carbonyl (C=O) groups excluding carboxylic acids is 1. The fraction of sp³-hybridized carbons (Fsp3) is 0.667. The van der Waals surface area contributed by atoms with Gasteiger partial charge in [0.25, 0.3) is 0 Å². The van der Waals surface area contributed by atoms with Gasteiger partial charge in [0, 0.05) is 32.2 Å². The zero-order chi connectivity index (χ0) is 17.2. The number of nitrogens with zero attached hydrogens (tertiary/aromatic N) is 4. The van der Waals surface area contributed by atoms with Crippen LogP contribution in [-0.2, 0) is 6.18 Å². The summed E-state index contributed by atoms with van der Waals surface area (Å²) in [6.07, 6.45) is -0.0983. The summed E-state index contributed by atoms with van der Waals surface area (Å²) in [7, 11) is 0. The number of amides is 2. The molecule has 0 bridgehead atoms. The van der Waals surface area contributed by atoms with Crippen molar-refractivity contribution in [3.63, 3.8) is 0 Å². The predicted molar refractivity (Wildman–Crippen MR) is 81.6 cm³/mol. The monoisotopic (exact) mass is 343 g/mol. The van der Waals surface area contributed by atoms with Crippen LogP contribution in [0.15, 0.2) is 12.1 Å². The van der Waals surface area contributed by atoms with Gasteiger partial charge in [0.05, 0.1) is 0 Å². The molecule has 1 aromatic rings. The van der Waals surface area contributed by atoms with Crippen LogP contribution < -0.4 is 10.2 Å². The molecule has 1 saturated heterocycles. The molecule has 132 valence electrons. The van der Waals surface area contributed by atoms with E-state index in [4.69, 9.17) is 0 Å². The molecule has 3 rings (SSSR count). The maximum Gasteiger partial charge on any atom is 0.435 e. The van der Waals surface area contributed by atoms with Gasteiger partial charge in [-0.25, -0.2) is 4.79 Å². The summed E-state index contributed by atoms with van der Waals surface area (Å²) in [6, 6.07) is 2.47. The number of anilines is 1. The molecule has 1 saturated carbocycles. The molecule has 9 heteroatoms. The maximum absolute atomic E-state index is 12.5. The third-order valence-electron chi connectivity index (χ3n) is 4.51. The van der Waals surface area contributed by atoms with E-state index in [1.54, 1.807) is 4.90 Å². The standard InChI is InChI=1S/C15H20F3N5O/c16-15(17,18)12-5-6-13(21-20-12)22-7-9-23(10-8-22)14(24)19-11-3-1-2-4-11/h5-6,11H,1-4,7-10H2,(H,19,24). The normalized spacial score (nSPS) is 19.6. The lowest BCUT2D eigenvalue weighted by molar-refractivity contribution is -0.141. The molecule has 0 aromatic carbocycles. The molecule has 1 aromatic heterocycles. The van der Waals surface area contributed by atoms with Crippen LogP contribution in [0.3, 0.4) is 0 Å². The Balaban J connectivity index is 1.52. The van der Waals surface area contributed by atoms with Gasteiger partial charge in [-0.2, -0.15) is 13.2 Å². The summed E-state index contributed by atoms with van der Waals surface area (Å²) in [4.78, 5) is 15.8. The second-order valence-electron chi connectivity index (χ2n) is 6.18. The fourth-order valence-corrected chi connectivity index (χ4v) is 3.12. The number of piperazine rings is 1. The predicted octanol–water partition coefficient (Wildman–Crippen LogP) is 2.27. The first-order chi connectivity index (χ1) is 11.4. The Labute approximate surface area is 138 Å². The molecule has 1 N–H and O–H groups in total. The highest BCUT2D eigenvalue weighted by molar-refractivity contribution is 5.75. The Bertz CT molecular complexity index is 563. The van der Waals surface area contributed by atoms with Crippen LogP contribution >= 0.6 is 0 Å². The average molecular weight is 343 g/mol. The smallest absolute Gasteiger partial charge is 0.352 e. The van der Waals surface area contributed by atoms with Crippen LogP contribution in [0.4, 0.5) is 23.8 Å². The Kier molecular flexibility index (Phi) is 4.77. The highest BCUT2D eigenvalue weighted by Gasteiger charge is 2.33. The molecular formula is C15H20F3N5O. The van der Waals surface area contributed by atoms with Crippen LogP contribution in [0.25, 0.3) is 0 Å². The van der Waals surface area contributed by atoms with Crippen LogP contribution in [0.5, 0.6) is 0 Å². The lowest BCUT2D eigenvalue weighted by Crippen LogP contribution is -2.53. The Morgan fingerprint density at radius 1 is 1.08 bits per heavy atom. The zero-order valence-corrected chi connectivity index (χ0v) is 13.2. The summed E-state index contributed by atoms with van der Waals surface area (Å²) in [5, 5.41) is 9.94. The minimum Gasteiger partial charge on any atom is -0.352 e. The maximum atomic E-state index is 12.5. The van der Waals surface area contributed by atoms with Gasteiger partial charge in [-0.05, 0) is 25.0 Å². The number of rotatable bonds is 2. The molecule has 2 fully saturated rings. The van der Waals surface area contributed by atoms with E-state index in [1.807, 2.05) is 4.90 Å². The van der Waals surface area contributed by atoms with E-state index in [1.165, 1.54) is 6.07 Å². The molecule has 2 heterocycles. The van der Waals surface area contributed by atoms with Gasteiger partial charge in [-0.1, -0.05) is 12.8 Å². The van der Waals surface area contributed by atoms with Gasteiger partial charge in [-0.3, -0.25) is 0 Å². The van der Waals surface area contributed by atoms with Crippen LogP contribution in [0, 0.1) is 0 Å². The molecular weight excluding hydrogens is 323 g/mol. The summed E-state index contributed by atoms with van der Waals surface area (Å²) in [5.41, 5.74) is -0.999. The van der Waals surface area contributed by atoms with Crippen molar-refractivity contribution in [3.8, 4) is 0 Å². The fourth-order valence-electron chi connectivity index (χ4n) is 3.12. The van der Waals surface area contributed by atoms with Gasteiger partial charge in [0.1, 0.15) is 0 Å². The van der Waals surface area contributed by atoms with E-state index in [-0.39, 0.29) is 12.1 Å². The van der Waals surface area contributed by atoms with Crippen molar-refractivity contribution in [3.05, 3.63) is 17.8 Å². The third-order valence-corrected chi connectivity index (χ3v) is 4.51. The third kappa shape index (κ3) is 3.88. The van der Waals surface area contributed by atoms with Crippen molar-refractivity contribution in [2.24, 2.45) is 0 Å². The number of hydrogen-bond acceptors (Lipinski definition) is 4. The van der Waals surface area contributed by atoms with Crippen molar-refractivity contribution in [2.45, 2.75) is 37.9 Å². The topological polar surface area (TPSA) is 61.4 Å². The SMILES string of the molecule is O=C(NC1CCCC1)N1CCN(c2ccc(C(F)(F)F)nn2)CC1. The molecule has 1 aliphatic carbocycles. The number of carbonyl (C=O) groups is 1. The molecule has 0 atom stereocenters. The minimum atomic E-state index is -4.48. The number of alkyl halides is 3. The summed E-state index contributed by atoms with van der Waals surface area (Å²) >= 11 is 0. The lowest BCUT2D eigenvalue weighted by atomic mass is 10.2. The molecule has 0 spiro atoms. The Morgan fingerprint density at radius 2 is 1.75 bits per heavy atom. The molecule has 6 nitrogen and oxygen atoms in total. The number of hydrogen-bond donors (Lipinski definition) is 1. The molecule has 2 aliphatic rings. The van der Waals surface area contributed by atoms with Gasteiger partial charge < -0.3 is 15.1 Å². The molecule has 2 amide bonds. The minimum absolute atomic E-state index is 0.0555. The van der Waals surface area contributed by atoms with E-state index >= 15 is 0 Å². The Hall–Kier alpha value is -2.06. The van der Waals surface area contributed by atoms with Crippen molar-refractivity contribution in [1.82, 2.24) is 20.4 Å². The van der Waals surface area contributed by atoms with Crippen LogP contribution in [0.2, 0.25) is 0 Å². The number of urea groups is 1. The van der Waals surface area contributed by atoms with E-state index in [2.05, 4.69) is 15.5 Å². The van der Waals surface area contributed by atoms with Gasteiger partial charge in [-0.15, -0.1) is 10.2 Å². The second-order valence-corrected chi connectivity index (χ2v) is 6.18. The van der Waals surface area contributed by atoms with E-state index < -0.39 is 11.9 Å². The summed E-state index contributed by atoms with van der Waals surface area (Å²) in [5.74, 6) is 0.402. The van der Waals surface area contributed by atoms with Crippen LogP contribution in [0.1, 0.15) is 31.4 Å². The Morgan fingerprint density at radius 3 is 2.29 bits per heavy atom. The first-order valence-corrected chi connectivity index (χ1v) is 8.15. The van der Waals surface area contributed by atoms with Crippen molar-refractivity contribution in [1.29, 1.82) is 0 Å². The largest absolute Gasteiger partial charge is 0.435 e. The van der Waals surface area contributed by atoms with Gasteiger partial charge in [0.15, 0.2) is 11.5 Å². The van der Waals surface area contributed by atoms with Crippen molar-refractivity contribution < 1.29 is 18.0 Å². The van der Waals surface area contributed by atoms with E-state index in [9.17, 15) is 18.0 Å². The van der Waals surface area contributed by atoms with Gasteiger partial charge >= 0.3 is 12.2 Å². The highest BCUT2D eigenvalue weighted by atomic mass is 19.4. The van der Waals surface area contributed by atoms with Crippen molar-refractivity contribution >= 4 is 11.8 Å².